The first-order valence-electron chi connectivity index (χ1n) is 8.97. The second-order valence-corrected chi connectivity index (χ2v) is 5.85. The van der Waals surface area contributed by atoms with Crippen LogP contribution in [0.2, 0.25) is 0 Å². The number of cyclic esters (lactones) is 1. The fraction of sp³-hybridized carbons (Fsp3) is 0.238. The number of urea groups is 1. The van der Waals surface area contributed by atoms with Crippen LogP contribution in [0.5, 0.6) is 5.75 Å². The normalized spacial score (nSPS) is 12.6. The molecule has 0 atom stereocenters. The minimum Gasteiger partial charge on any atom is -0.492 e. The molecule has 7 nitrogen and oxygen atoms in total. The first-order valence-corrected chi connectivity index (χ1v) is 8.97. The van der Waals surface area contributed by atoms with Crippen LogP contribution in [0.3, 0.4) is 0 Å². The van der Waals surface area contributed by atoms with E-state index in [2.05, 4.69) is 22.5 Å². The minimum absolute atomic E-state index is 0.197. The number of hydrogen-bond donors (Lipinski definition) is 2. The van der Waals surface area contributed by atoms with E-state index in [9.17, 15) is 9.59 Å². The maximum Gasteiger partial charge on any atom is 0.414 e. The summed E-state index contributed by atoms with van der Waals surface area (Å²) in [7, 11) is 0. The van der Waals surface area contributed by atoms with Crippen LogP contribution in [-0.4, -0.2) is 38.4 Å². The lowest BCUT2D eigenvalue weighted by molar-refractivity contribution is 0.181. The van der Waals surface area contributed by atoms with Crippen molar-refractivity contribution in [3.05, 3.63) is 54.1 Å². The number of benzene rings is 2. The van der Waals surface area contributed by atoms with E-state index in [0.717, 1.165) is 11.3 Å². The highest BCUT2D eigenvalue weighted by atomic mass is 16.6. The summed E-state index contributed by atoms with van der Waals surface area (Å²) in [4.78, 5) is 25.1. The fourth-order valence-corrected chi connectivity index (χ4v) is 2.64. The van der Waals surface area contributed by atoms with Gasteiger partial charge in [0.1, 0.15) is 12.4 Å². The van der Waals surface area contributed by atoms with Crippen molar-refractivity contribution in [2.75, 3.05) is 36.5 Å². The van der Waals surface area contributed by atoms with Gasteiger partial charge >= 0.3 is 12.1 Å². The number of hydrogen-bond acceptors (Lipinski definition) is 4. The molecule has 3 amide bonds. The lowest BCUT2D eigenvalue weighted by Gasteiger charge is -2.12. The molecule has 0 aliphatic carbocycles. The maximum atomic E-state index is 12.0. The molecule has 0 radical (unpaired) electrons. The molecule has 3 rings (SSSR count). The van der Waals surface area contributed by atoms with Gasteiger partial charge in [0.2, 0.25) is 0 Å². The summed E-state index contributed by atoms with van der Waals surface area (Å²) in [6, 6.07) is 14.2. The molecule has 1 aliphatic heterocycles. The molecule has 7 heteroatoms. The van der Waals surface area contributed by atoms with Gasteiger partial charge in [-0.05, 0) is 43.3 Å². The van der Waals surface area contributed by atoms with Crippen LogP contribution in [-0.2, 0) is 4.74 Å². The molecule has 0 bridgehead atoms. The Morgan fingerprint density at radius 3 is 2.71 bits per heavy atom. The number of nitrogens with one attached hydrogen (secondary N) is 2. The molecule has 1 aliphatic rings. The average Bonchev–Trinajstić information content (AvgIpc) is 3.13. The van der Waals surface area contributed by atoms with E-state index in [1.165, 1.54) is 0 Å². The summed E-state index contributed by atoms with van der Waals surface area (Å²) in [5.41, 5.74) is 2.17. The molecule has 0 saturated carbocycles. The van der Waals surface area contributed by atoms with Gasteiger partial charge in [-0.25, -0.2) is 9.59 Å². The molecule has 144 valence electrons. The standard InChI is InChI=1S/C21H21N3O4/c1-2-27-19-8-4-3-7-18(19)23-20(25)22-13-5-6-16-9-11-17(12-10-16)24-14-15-28-21(24)26/h3-4,7-12H,2,13-15H2,1H3,(H2,22,23,25). The number of nitrogens with zero attached hydrogens (tertiary/aromatic N) is 1. The van der Waals surface area contributed by atoms with E-state index >= 15 is 0 Å². The van der Waals surface area contributed by atoms with Gasteiger partial charge in [0, 0.05) is 11.3 Å². The Hall–Kier alpha value is -3.66. The van der Waals surface area contributed by atoms with Crippen molar-refractivity contribution in [2.24, 2.45) is 0 Å². The smallest absolute Gasteiger partial charge is 0.414 e. The average molecular weight is 379 g/mol. The second kappa shape index (κ2) is 9.33. The summed E-state index contributed by atoms with van der Waals surface area (Å²) >= 11 is 0. The number of carbonyl (C=O) groups is 2. The van der Waals surface area contributed by atoms with Gasteiger partial charge in [-0.2, -0.15) is 0 Å². The van der Waals surface area contributed by atoms with E-state index in [-0.39, 0.29) is 18.7 Å². The van der Waals surface area contributed by atoms with E-state index in [4.69, 9.17) is 9.47 Å². The van der Waals surface area contributed by atoms with Crippen LogP contribution in [0.1, 0.15) is 12.5 Å². The minimum atomic E-state index is -0.357. The van der Waals surface area contributed by atoms with Crippen molar-refractivity contribution in [3.8, 4) is 17.6 Å². The Bertz CT molecular complexity index is 900. The zero-order valence-corrected chi connectivity index (χ0v) is 15.5. The van der Waals surface area contributed by atoms with E-state index < -0.39 is 0 Å². The van der Waals surface area contributed by atoms with Crippen molar-refractivity contribution in [1.82, 2.24) is 5.32 Å². The summed E-state index contributed by atoms with van der Waals surface area (Å²) in [6.45, 7) is 3.56. The molecule has 2 aromatic carbocycles. The highest BCUT2D eigenvalue weighted by molar-refractivity contribution is 5.91. The molecule has 1 fully saturated rings. The van der Waals surface area contributed by atoms with Crippen molar-refractivity contribution >= 4 is 23.5 Å². The van der Waals surface area contributed by atoms with Crippen molar-refractivity contribution in [1.29, 1.82) is 0 Å². The monoisotopic (exact) mass is 379 g/mol. The van der Waals surface area contributed by atoms with Crippen LogP contribution in [0.15, 0.2) is 48.5 Å². The van der Waals surface area contributed by atoms with Crippen molar-refractivity contribution in [2.45, 2.75) is 6.92 Å². The Balaban J connectivity index is 1.50. The zero-order valence-electron chi connectivity index (χ0n) is 15.5. The molecule has 2 N–H and O–H groups in total. The summed E-state index contributed by atoms with van der Waals surface area (Å²) in [5.74, 6) is 6.49. The van der Waals surface area contributed by atoms with Crippen molar-refractivity contribution in [3.63, 3.8) is 0 Å². The van der Waals surface area contributed by atoms with Crippen molar-refractivity contribution < 1.29 is 19.1 Å². The van der Waals surface area contributed by atoms with Gasteiger partial charge in [0.15, 0.2) is 0 Å². The van der Waals surface area contributed by atoms with Crippen LogP contribution >= 0.6 is 0 Å². The molecule has 0 spiro atoms. The topological polar surface area (TPSA) is 79.9 Å². The predicted octanol–water partition coefficient (Wildman–Crippen LogP) is 3.22. The Morgan fingerprint density at radius 1 is 1.21 bits per heavy atom. The van der Waals surface area contributed by atoms with Gasteiger partial charge in [-0.1, -0.05) is 24.0 Å². The molecule has 28 heavy (non-hydrogen) atoms. The van der Waals surface area contributed by atoms with Crippen LogP contribution < -0.4 is 20.3 Å². The Morgan fingerprint density at radius 2 is 2.00 bits per heavy atom. The third-order valence-corrected chi connectivity index (χ3v) is 3.94. The van der Waals surface area contributed by atoms with Gasteiger partial charge in [-0.3, -0.25) is 4.90 Å². The molecular formula is C21H21N3O4. The highest BCUT2D eigenvalue weighted by Crippen LogP contribution is 2.23. The predicted molar refractivity (Wildman–Crippen MR) is 107 cm³/mol. The highest BCUT2D eigenvalue weighted by Gasteiger charge is 2.23. The third-order valence-electron chi connectivity index (χ3n) is 3.94. The molecule has 0 aromatic heterocycles. The molecule has 1 saturated heterocycles. The van der Waals surface area contributed by atoms with E-state index in [1.807, 2.05) is 43.3 Å². The summed E-state index contributed by atoms with van der Waals surface area (Å²) < 4.78 is 10.4. The number of amides is 3. The summed E-state index contributed by atoms with van der Waals surface area (Å²) in [6.07, 6.45) is -0.333. The molecule has 0 unspecified atom stereocenters. The molecule has 1 heterocycles. The van der Waals surface area contributed by atoms with Gasteiger partial charge in [0.05, 0.1) is 25.4 Å². The van der Waals surface area contributed by atoms with Crippen LogP contribution in [0.25, 0.3) is 0 Å². The number of anilines is 2. The molecule has 2 aromatic rings. The zero-order chi connectivity index (χ0) is 19.8. The maximum absolute atomic E-state index is 12.0. The fourth-order valence-electron chi connectivity index (χ4n) is 2.64. The van der Waals surface area contributed by atoms with Gasteiger partial charge in [-0.15, -0.1) is 0 Å². The number of ether oxygens (including phenoxy) is 2. The lowest BCUT2D eigenvalue weighted by Crippen LogP contribution is -2.29. The second-order valence-electron chi connectivity index (χ2n) is 5.85. The number of carbonyl (C=O) groups excluding carboxylic acids is 2. The largest absolute Gasteiger partial charge is 0.492 e. The lowest BCUT2D eigenvalue weighted by atomic mass is 10.2. The first kappa shape index (κ1) is 19.1. The third kappa shape index (κ3) is 4.95. The van der Waals surface area contributed by atoms with Crippen LogP contribution in [0, 0.1) is 11.8 Å². The first-order chi connectivity index (χ1) is 13.7. The van der Waals surface area contributed by atoms with Gasteiger partial charge < -0.3 is 20.1 Å². The Labute approximate surface area is 163 Å². The van der Waals surface area contributed by atoms with E-state index in [0.29, 0.717) is 31.2 Å². The molecular weight excluding hydrogens is 358 g/mol. The van der Waals surface area contributed by atoms with Crippen LogP contribution in [0.4, 0.5) is 21.0 Å². The van der Waals surface area contributed by atoms with E-state index in [1.54, 1.807) is 17.0 Å². The number of para-hydroxylation sites is 2. The van der Waals surface area contributed by atoms with Gasteiger partial charge in [0.25, 0.3) is 0 Å². The SMILES string of the molecule is CCOc1ccccc1NC(=O)NCC#Cc1ccc(N2CCOC2=O)cc1. The number of rotatable bonds is 5. The Kier molecular flexibility index (Phi) is 6.37. The quantitative estimate of drug-likeness (QED) is 0.782. The summed E-state index contributed by atoms with van der Waals surface area (Å²) in [5, 5.41) is 5.43.